The van der Waals surface area contributed by atoms with E-state index in [1.807, 2.05) is 25.1 Å². The predicted molar refractivity (Wildman–Crippen MR) is 103 cm³/mol. The Balaban J connectivity index is 1.42. The first-order valence-corrected chi connectivity index (χ1v) is 8.57. The lowest BCUT2D eigenvalue weighted by molar-refractivity contribution is 0.174. The van der Waals surface area contributed by atoms with Gasteiger partial charge in [-0.15, -0.1) is 10.2 Å². The van der Waals surface area contributed by atoms with E-state index in [2.05, 4.69) is 30.7 Å². The number of hydrogen-bond donors (Lipinski definition) is 2. The normalized spacial score (nSPS) is 13.1. The molecular formula is C18H13ClN6O2. The average molecular weight is 381 g/mol. The van der Waals surface area contributed by atoms with E-state index in [0.29, 0.717) is 27.7 Å². The van der Waals surface area contributed by atoms with Crippen LogP contribution in [0.4, 0.5) is 5.95 Å². The van der Waals surface area contributed by atoms with Crippen LogP contribution in [0.25, 0.3) is 22.1 Å². The number of nitrogens with one attached hydrogen (secondary N) is 2. The molecule has 2 aromatic carbocycles. The molecule has 5 rings (SSSR count). The van der Waals surface area contributed by atoms with E-state index in [0.717, 1.165) is 22.0 Å². The standard InChI is InChI=1S/C18H13ClN6O2/c1-9-3-2-4-11-15(9)21-17-16(11)23-25-18(22-17)24-20-7-10-5-13-14(6-12(10)19)27-8-26-13/h2-7H,8H2,1H3,(H2,21,22,24,25)/b20-7+. The molecule has 0 amide bonds. The third-order valence-corrected chi connectivity index (χ3v) is 4.65. The second-order valence-electron chi connectivity index (χ2n) is 6.05. The lowest BCUT2D eigenvalue weighted by atomic mass is 10.1. The van der Waals surface area contributed by atoms with Crippen molar-refractivity contribution < 1.29 is 9.47 Å². The fourth-order valence-electron chi connectivity index (χ4n) is 2.98. The number of halogens is 1. The topological polar surface area (TPSA) is 97.3 Å². The summed E-state index contributed by atoms with van der Waals surface area (Å²) in [6, 6.07) is 9.47. The Kier molecular flexibility index (Phi) is 3.58. The van der Waals surface area contributed by atoms with Crippen molar-refractivity contribution in [2.45, 2.75) is 6.92 Å². The highest BCUT2D eigenvalue weighted by Gasteiger charge is 2.16. The van der Waals surface area contributed by atoms with Crippen molar-refractivity contribution in [2.75, 3.05) is 12.2 Å². The summed E-state index contributed by atoms with van der Waals surface area (Å²) in [6.07, 6.45) is 1.56. The Bertz CT molecular complexity index is 1220. The van der Waals surface area contributed by atoms with Gasteiger partial charge in [0.15, 0.2) is 17.1 Å². The molecule has 4 aromatic rings. The summed E-state index contributed by atoms with van der Waals surface area (Å²) in [5, 5.41) is 14.0. The largest absolute Gasteiger partial charge is 0.454 e. The van der Waals surface area contributed by atoms with Crippen molar-refractivity contribution in [3.8, 4) is 11.5 Å². The maximum absolute atomic E-state index is 6.22. The maximum Gasteiger partial charge on any atom is 0.265 e. The molecule has 1 aliphatic rings. The van der Waals surface area contributed by atoms with E-state index in [9.17, 15) is 0 Å². The summed E-state index contributed by atoms with van der Waals surface area (Å²) >= 11 is 6.22. The number of hydrogen-bond acceptors (Lipinski definition) is 7. The molecule has 3 heterocycles. The molecule has 8 nitrogen and oxygen atoms in total. The minimum absolute atomic E-state index is 0.188. The molecule has 0 aliphatic carbocycles. The Labute approximate surface area is 158 Å². The fourth-order valence-corrected chi connectivity index (χ4v) is 3.19. The van der Waals surface area contributed by atoms with E-state index in [4.69, 9.17) is 21.1 Å². The molecule has 27 heavy (non-hydrogen) atoms. The second kappa shape index (κ2) is 6.10. The molecule has 0 fully saturated rings. The third-order valence-electron chi connectivity index (χ3n) is 4.32. The van der Waals surface area contributed by atoms with Gasteiger partial charge in [0.05, 0.1) is 16.8 Å². The number of rotatable bonds is 3. The molecule has 0 atom stereocenters. The van der Waals surface area contributed by atoms with Gasteiger partial charge in [0.1, 0.15) is 5.52 Å². The second-order valence-corrected chi connectivity index (χ2v) is 6.46. The highest BCUT2D eigenvalue weighted by molar-refractivity contribution is 6.33. The van der Waals surface area contributed by atoms with Crippen molar-refractivity contribution in [1.82, 2.24) is 20.2 Å². The molecular weight excluding hydrogens is 368 g/mol. The van der Waals surface area contributed by atoms with Crippen LogP contribution in [0, 0.1) is 6.92 Å². The molecule has 134 valence electrons. The summed E-state index contributed by atoms with van der Waals surface area (Å²) in [5.74, 6) is 1.53. The van der Waals surface area contributed by atoms with Crippen molar-refractivity contribution in [3.63, 3.8) is 0 Å². The van der Waals surface area contributed by atoms with Gasteiger partial charge >= 0.3 is 0 Å². The van der Waals surface area contributed by atoms with Crippen LogP contribution in [0.1, 0.15) is 11.1 Å². The van der Waals surface area contributed by atoms with Gasteiger partial charge in [-0.25, -0.2) is 5.43 Å². The molecule has 0 unspecified atom stereocenters. The van der Waals surface area contributed by atoms with Gasteiger partial charge in [-0.1, -0.05) is 29.8 Å². The zero-order valence-electron chi connectivity index (χ0n) is 14.2. The first-order chi connectivity index (χ1) is 13.2. The van der Waals surface area contributed by atoms with Crippen molar-refractivity contribution in [3.05, 3.63) is 46.5 Å². The smallest absolute Gasteiger partial charge is 0.265 e. The Morgan fingerprint density at radius 3 is 2.96 bits per heavy atom. The van der Waals surface area contributed by atoms with Gasteiger partial charge in [0.25, 0.3) is 5.95 Å². The number of H-pyrrole nitrogens is 1. The fraction of sp³-hybridized carbons (Fsp3) is 0.111. The van der Waals surface area contributed by atoms with Crippen molar-refractivity contribution in [2.24, 2.45) is 5.10 Å². The summed E-state index contributed by atoms with van der Waals surface area (Å²) in [5.41, 5.74) is 6.95. The molecule has 0 radical (unpaired) electrons. The van der Waals surface area contributed by atoms with Gasteiger partial charge in [0.2, 0.25) is 6.79 Å². The molecule has 0 saturated heterocycles. The number of aromatic nitrogens is 4. The summed E-state index contributed by atoms with van der Waals surface area (Å²) in [6.45, 7) is 2.22. The Morgan fingerprint density at radius 1 is 1.22 bits per heavy atom. The number of aryl methyl sites for hydroxylation is 1. The number of para-hydroxylation sites is 1. The first-order valence-electron chi connectivity index (χ1n) is 8.19. The third kappa shape index (κ3) is 2.70. The quantitative estimate of drug-likeness (QED) is 0.416. The van der Waals surface area contributed by atoms with E-state index in [1.54, 1.807) is 18.3 Å². The van der Waals surface area contributed by atoms with Crippen LogP contribution in [0.2, 0.25) is 5.02 Å². The van der Waals surface area contributed by atoms with Gasteiger partial charge in [-0.3, -0.25) is 0 Å². The zero-order chi connectivity index (χ0) is 18.4. The lowest BCUT2D eigenvalue weighted by Crippen LogP contribution is -1.99. The highest BCUT2D eigenvalue weighted by Crippen LogP contribution is 2.36. The maximum atomic E-state index is 6.22. The monoisotopic (exact) mass is 380 g/mol. The van der Waals surface area contributed by atoms with Gasteiger partial charge in [0, 0.05) is 17.0 Å². The van der Waals surface area contributed by atoms with Crippen LogP contribution in [-0.4, -0.2) is 33.2 Å². The summed E-state index contributed by atoms with van der Waals surface area (Å²) in [7, 11) is 0. The lowest BCUT2D eigenvalue weighted by Gasteiger charge is -2.01. The minimum Gasteiger partial charge on any atom is -0.454 e. The first kappa shape index (κ1) is 15.8. The van der Waals surface area contributed by atoms with Gasteiger partial charge in [-0.2, -0.15) is 10.1 Å². The zero-order valence-corrected chi connectivity index (χ0v) is 14.9. The number of benzene rings is 2. The number of ether oxygens (including phenoxy) is 2. The Morgan fingerprint density at radius 2 is 2.07 bits per heavy atom. The summed E-state index contributed by atoms with van der Waals surface area (Å²) in [4.78, 5) is 7.71. The number of anilines is 1. The van der Waals surface area contributed by atoms with E-state index in [1.165, 1.54) is 0 Å². The Hall–Kier alpha value is -3.39. The predicted octanol–water partition coefficient (Wildman–Crippen LogP) is 3.64. The van der Waals surface area contributed by atoms with Gasteiger partial charge < -0.3 is 14.5 Å². The molecule has 2 N–H and O–H groups in total. The molecule has 0 saturated carbocycles. The minimum atomic E-state index is 0.188. The molecule has 0 bridgehead atoms. The SMILES string of the molecule is Cc1cccc2c1[nH]c1nc(N/N=C/c3cc4c(cc3Cl)OCO4)nnc12. The van der Waals surface area contributed by atoms with E-state index >= 15 is 0 Å². The highest BCUT2D eigenvalue weighted by atomic mass is 35.5. The average Bonchev–Trinajstić information content (AvgIpc) is 3.26. The number of hydrazone groups is 1. The molecule has 0 spiro atoms. The van der Waals surface area contributed by atoms with Crippen LogP contribution in [0.3, 0.4) is 0 Å². The molecule has 2 aromatic heterocycles. The van der Waals surface area contributed by atoms with Crippen LogP contribution in [0.5, 0.6) is 11.5 Å². The van der Waals surface area contributed by atoms with Crippen molar-refractivity contribution in [1.29, 1.82) is 0 Å². The van der Waals surface area contributed by atoms with Crippen LogP contribution in [-0.2, 0) is 0 Å². The number of nitrogens with zero attached hydrogens (tertiary/aromatic N) is 4. The van der Waals surface area contributed by atoms with Crippen LogP contribution in [0.15, 0.2) is 35.4 Å². The van der Waals surface area contributed by atoms with E-state index in [-0.39, 0.29) is 12.7 Å². The van der Waals surface area contributed by atoms with Crippen molar-refractivity contribution >= 4 is 45.8 Å². The van der Waals surface area contributed by atoms with Crippen LogP contribution >= 0.6 is 11.6 Å². The molecule has 9 heteroatoms. The summed E-state index contributed by atoms with van der Waals surface area (Å²) < 4.78 is 10.6. The van der Waals surface area contributed by atoms with Crippen LogP contribution < -0.4 is 14.9 Å². The van der Waals surface area contributed by atoms with Gasteiger partial charge in [-0.05, 0) is 18.6 Å². The number of aromatic amines is 1. The molecule has 1 aliphatic heterocycles. The van der Waals surface area contributed by atoms with E-state index < -0.39 is 0 Å². The number of fused-ring (bicyclic) bond motifs is 4.